The molecular formula is C21H20BrNO2. The van der Waals surface area contributed by atoms with Crippen LogP contribution in [0.15, 0.2) is 65.1 Å². The molecule has 3 aromatic rings. The highest BCUT2D eigenvalue weighted by molar-refractivity contribution is 9.09. The molecule has 1 N–H and O–H groups in total. The summed E-state index contributed by atoms with van der Waals surface area (Å²) in [5, 5.41) is 11.2. The molecule has 1 aliphatic carbocycles. The number of halogens is 1. The van der Waals surface area contributed by atoms with Gasteiger partial charge in [0.1, 0.15) is 5.69 Å². The number of rotatable bonds is 3. The maximum absolute atomic E-state index is 11.2. The van der Waals surface area contributed by atoms with Gasteiger partial charge in [-0.15, -0.1) is 0 Å². The molecule has 4 rings (SSSR count). The van der Waals surface area contributed by atoms with Gasteiger partial charge in [0, 0.05) is 11.1 Å². The van der Waals surface area contributed by atoms with Crippen molar-refractivity contribution < 1.29 is 9.52 Å². The van der Waals surface area contributed by atoms with E-state index in [1.54, 1.807) is 0 Å². The van der Waals surface area contributed by atoms with Gasteiger partial charge in [-0.2, -0.15) is 0 Å². The van der Waals surface area contributed by atoms with Gasteiger partial charge in [-0.3, -0.25) is 0 Å². The van der Waals surface area contributed by atoms with Crippen molar-refractivity contribution in [2.45, 2.75) is 36.1 Å². The molecule has 1 aromatic heterocycles. The van der Waals surface area contributed by atoms with Crippen molar-refractivity contribution in [1.82, 2.24) is 4.98 Å². The first-order valence-corrected chi connectivity index (χ1v) is 9.58. The summed E-state index contributed by atoms with van der Waals surface area (Å²) in [6.45, 7) is 0. The van der Waals surface area contributed by atoms with Crippen LogP contribution < -0.4 is 0 Å². The smallest absolute Gasteiger partial charge is 0.228 e. The SMILES string of the molecule is OC1(c2nc(-c3ccccc3)c(-c3ccccc3)o2)CCCCC1Br. The van der Waals surface area contributed by atoms with Gasteiger partial charge in [-0.05, 0) is 19.3 Å². The average molecular weight is 398 g/mol. The molecule has 0 aliphatic heterocycles. The standard InChI is InChI=1S/C21H20BrNO2/c22-17-13-7-8-14-21(17,24)20-23-18(15-9-3-1-4-10-15)19(25-20)16-11-5-2-6-12-16/h1-6,9-12,17,24H,7-8,13-14H2. The monoisotopic (exact) mass is 397 g/mol. The predicted octanol–water partition coefficient (Wildman–Crippen LogP) is 5.53. The van der Waals surface area contributed by atoms with E-state index < -0.39 is 5.60 Å². The summed E-state index contributed by atoms with van der Waals surface area (Å²) in [6.07, 6.45) is 3.66. The average Bonchev–Trinajstić information content (AvgIpc) is 3.12. The minimum absolute atomic E-state index is 0.0420. The molecule has 0 bridgehead atoms. The minimum atomic E-state index is -1.06. The molecule has 4 heteroatoms. The quantitative estimate of drug-likeness (QED) is 0.590. The third-order valence-electron chi connectivity index (χ3n) is 4.86. The summed E-state index contributed by atoms with van der Waals surface area (Å²) in [5.74, 6) is 1.12. The lowest BCUT2D eigenvalue weighted by molar-refractivity contribution is -0.0157. The zero-order valence-electron chi connectivity index (χ0n) is 13.9. The van der Waals surface area contributed by atoms with Crippen molar-refractivity contribution in [3.05, 3.63) is 66.6 Å². The van der Waals surface area contributed by atoms with Gasteiger partial charge in [0.05, 0.1) is 4.83 Å². The summed E-state index contributed by atoms with van der Waals surface area (Å²) >= 11 is 3.64. The van der Waals surface area contributed by atoms with Crippen molar-refractivity contribution in [2.24, 2.45) is 0 Å². The molecule has 1 saturated carbocycles. The molecule has 0 spiro atoms. The maximum Gasteiger partial charge on any atom is 0.228 e. The number of nitrogens with zero attached hydrogens (tertiary/aromatic N) is 1. The first-order chi connectivity index (χ1) is 12.2. The first kappa shape index (κ1) is 16.6. The van der Waals surface area contributed by atoms with Crippen LogP contribution in [0.5, 0.6) is 0 Å². The zero-order chi connectivity index (χ0) is 17.3. The van der Waals surface area contributed by atoms with Gasteiger partial charge in [0.25, 0.3) is 0 Å². The Labute approximate surface area is 155 Å². The van der Waals surface area contributed by atoms with Gasteiger partial charge in [0.15, 0.2) is 11.4 Å². The molecule has 0 radical (unpaired) electrons. The molecule has 128 valence electrons. The Hall–Kier alpha value is -1.91. The van der Waals surface area contributed by atoms with E-state index in [2.05, 4.69) is 15.9 Å². The van der Waals surface area contributed by atoms with Crippen LogP contribution in [-0.2, 0) is 5.60 Å². The molecule has 2 aromatic carbocycles. The Morgan fingerprint density at radius 3 is 2.24 bits per heavy atom. The van der Waals surface area contributed by atoms with E-state index >= 15 is 0 Å². The summed E-state index contributed by atoms with van der Waals surface area (Å²) in [4.78, 5) is 4.71. The lowest BCUT2D eigenvalue weighted by Gasteiger charge is -2.33. The molecular weight excluding hydrogens is 378 g/mol. The van der Waals surface area contributed by atoms with E-state index in [0.29, 0.717) is 18.1 Å². The van der Waals surface area contributed by atoms with E-state index in [0.717, 1.165) is 36.1 Å². The molecule has 1 aliphatic rings. The summed E-state index contributed by atoms with van der Waals surface area (Å²) in [6, 6.07) is 19.9. The second-order valence-corrected chi connectivity index (χ2v) is 7.67. The highest BCUT2D eigenvalue weighted by Gasteiger charge is 2.44. The van der Waals surface area contributed by atoms with Crippen molar-refractivity contribution in [3.8, 4) is 22.6 Å². The molecule has 0 amide bonds. The lowest BCUT2D eigenvalue weighted by atomic mass is 9.84. The van der Waals surface area contributed by atoms with E-state index in [-0.39, 0.29) is 4.83 Å². The van der Waals surface area contributed by atoms with Crippen molar-refractivity contribution in [1.29, 1.82) is 0 Å². The Bertz CT molecular complexity index is 790. The van der Waals surface area contributed by atoms with Crippen LogP contribution in [0, 0.1) is 0 Å². The van der Waals surface area contributed by atoms with Crippen LogP contribution in [-0.4, -0.2) is 14.9 Å². The third kappa shape index (κ3) is 3.05. The largest absolute Gasteiger partial charge is 0.437 e. The third-order valence-corrected chi connectivity index (χ3v) is 6.08. The second kappa shape index (κ2) is 6.77. The number of hydrogen-bond donors (Lipinski definition) is 1. The van der Waals surface area contributed by atoms with Crippen LogP contribution in [0.1, 0.15) is 31.6 Å². The van der Waals surface area contributed by atoms with Gasteiger partial charge < -0.3 is 9.52 Å². The Kier molecular flexibility index (Phi) is 4.48. The predicted molar refractivity (Wildman–Crippen MR) is 102 cm³/mol. The van der Waals surface area contributed by atoms with Crippen molar-refractivity contribution >= 4 is 15.9 Å². The topological polar surface area (TPSA) is 46.3 Å². The fourth-order valence-corrected chi connectivity index (χ4v) is 4.19. The lowest BCUT2D eigenvalue weighted by Crippen LogP contribution is -2.38. The summed E-state index contributed by atoms with van der Waals surface area (Å²) < 4.78 is 6.18. The minimum Gasteiger partial charge on any atom is -0.437 e. The fraction of sp³-hybridized carbons (Fsp3) is 0.286. The van der Waals surface area contributed by atoms with Gasteiger partial charge >= 0.3 is 0 Å². The highest BCUT2D eigenvalue weighted by atomic mass is 79.9. The molecule has 25 heavy (non-hydrogen) atoms. The summed E-state index contributed by atoms with van der Waals surface area (Å²) in [7, 11) is 0. The first-order valence-electron chi connectivity index (χ1n) is 8.67. The highest BCUT2D eigenvalue weighted by Crippen LogP contribution is 2.44. The molecule has 0 saturated heterocycles. The fourth-order valence-electron chi connectivity index (χ4n) is 3.44. The maximum atomic E-state index is 11.2. The van der Waals surface area contributed by atoms with Crippen molar-refractivity contribution in [3.63, 3.8) is 0 Å². The van der Waals surface area contributed by atoms with Crippen molar-refractivity contribution in [2.75, 3.05) is 0 Å². The van der Waals surface area contributed by atoms with E-state index in [1.807, 2.05) is 60.7 Å². The Morgan fingerprint density at radius 1 is 0.960 bits per heavy atom. The number of aromatic nitrogens is 1. The molecule has 1 fully saturated rings. The molecule has 1 heterocycles. The van der Waals surface area contributed by atoms with Gasteiger partial charge in [-0.1, -0.05) is 83.0 Å². The number of benzene rings is 2. The number of oxazole rings is 1. The van der Waals surface area contributed by atoms with Gasteiger partial charge in [-0.25, -0.2) is 4.98 Å². The zero-order valence-corrected chi connectivity index (χ0v) is 15.4. The normalized spacial score (nSPS) is 23.5. The van der Waals surface area contributed by atoms with Crippen LogP contribution in [0.2, 0.25) is 0 Å². The second-order valence-electron chi connectivity index (χ2n) is 6.57. The number of hydrogen-bond acceptors (Lipinski definition) is 3. The van der Waals surface area contributed by atoms with E-state index in [1.165, 1.54) is 0 Å². The van der Waals surface area contributed by atoms with Crippen LogP contribution in [0.25, 0.3) is 22.6 Å². The van der Waals surface area contributed by atoms with E-state index in [9.17, 15) is 5.11 Å². The molecule has 2 atom stereocenters. The number of alkyl halides is 1. The Morgan fingerprint density at radius 2 is 1.60 bits per heavy atom. The molecule has 2 unspecified atom stereocenters. The van der Waals surface area contributed by atoms with E-state index in [4.69, 9.17) is 9.40 Å². The summed E-state index contributed by atoms with van der Waals surface area (Å²) in [5.41, 5.74) is 1.67. The number of aliphatic hydroxyl groups is 1. The molecule has 3 nitrogen and oxygen atoms in total. The van der Waals surface area contributed by atoms with Crippen LogP contribution in [0.3, 0.4) is 0 Å². The van der Waals surface area contributed by atoms with Crippen LogP contribution in [0.4, 0.5) is 0 Å². The van der Waals surface area contributed by atoms with Gasteiger partial charge in [0.2, 0.25) is 5.89 Å². The Balaban J connectivity index is 1.87. The van der Waals surface area contributed by atoms with Crippen LogP contribution >= 0.6 is 15.9 Å².